The zero-order valence-electron chi connectivity index (χ0n) is 11.0. The smallest absolute Gasteiger partial charge is 0.251 e. The molecule has 5 heteroatoms. The summed E-state index contributed by atoms with van der Waals surface area (Å²) >= 11 is 1.50. The van der Waals surface area contributed by atoms with Gasteiger partial charge in [0.2, 0.25) is 0 Å². The number of nitrogens with one attached hydrogen (secondary N) is 1. The van der Waals surface area contributed by atoms with Crippen LogP contribution < -0.4 is 5.32 Å². The number of aliphatic hydroxyl groups is 1. The molecule has 0 aliphatic heterocycles. The minimum atomic E-state index is -1.09. The summed E-state index contributed by atoms with van der Waals surface area (Å²) in [4.78, 5) is 12.0. The predicted molar refractivity (Wildman–Crippen MR) is 77.4 cm³/mol. The first-order chi connectivity index (χ1) is 9.53. The molecule has 1 heterocycles. The number of hydrogen-bond acceptors (Lipinski definition) is 4. The van der Waals surface area contributed by atoms with Gasteiger partial charge in [0.15, 0.2) is 0 Å². The maximum absolute atomic E-state index is 12.0. The van der Waals surface area contributed by atoms with Crippen molar-refractivity contribution < 1.29 is 9.90 Å². The van der Waals surface area contributed by atoms with E-state index in [4.69, 9.17) is 5.26 Å². The summed E-state index contributed by atoms with van der Waals surface area (Å²) in [5.74, 6) is -0.273. The van der Waals surface area contributed by atoms with E-state index in [0.29, 0.717) is 11.1 Å². The van der Waals surface area contributed by atoms with E-state index < -0.39 is 5.60 Å². The maximum atomic E-state index is 12.0. The van der Waals surface area contributed by atoms with E-state index in [1.165, 1.54) is 11.3 Å². The molecule has 1 amide bonds. The molecule has 2 aromatic rings. The van der Waals surface area contributed by atoms with Crippen LogP contribution in [0.15, 0.2) is 41.1 Å². The summed E-state index contributed by atoms with van der Waals surface area (Å²) in [6.07, 6.45) is 0. The van der Waals surface area contributed by atoms with Crippen molar-refractivity contribution in [3.8, 4) is 6.07 Å². The van der Waals surface area contributed by atoms with Gasteiger partial charge >= 0.3 is 0 Å². The lowest BCUT2D eigenvalue weighted by molar-refractivity contribution is 0.0530. The van der Waals surface area contributed by atoms with Crippen molar-refractivity contribution in [1.82, 2.24) is 5.32 Å². The van der Waals surface area contributed by atoms with Gasteiger partial charge in [-0.2, -0.15) is 16.6 Å². The summed E-state index contributed by atoms with van der Waals surface area (Å²) in [5, 5.41) is 25.4. The van der Waals surface area contributed by atoms with Crippen LogP contribution in [-0.4, -0.2) is 17.6 Å². The van der Waals surface area contributed by atoms with Crippen LogP contribution in [0.25, 0.3) is 0 Å². The third-order valence-electron chi connectivity index (χ3n) is 3.01. The van der Waals surface area contributed by atoms with Crippen LogP contribution in [-0.2, 0) is 5.60 Å². The molecule has 0 spiro atoms. The predicted octanol–water partition coefficient (Wildman–Crippen LogP) is 2.26. The molecule has 0 fully saturated rings. The molecule has 1 unspecified atom stereocenters. The summed E-state index contributed by atoms with van der Waals surface area (Å²) in [7, 11) is 0. The van der Waals surface area contributed by atoms with Gasteiger partial charge in [0.25, 0.3) is 5.91 Å². The van der Waals surface area contributed by atoms with Crippen LogP contribution >= 0.6 is 11.3 Å². The molecule has 2 rings (SSSR count). The molecule has 1 aromatic heterocycles. The minimum absolute atomic E-state index is 0.128. The number of hydrogen-bond donors (Lipinski definition) is 2. The topological polar surface area (TPSA) is 73.1 Å². The molecule has 102 valence electrons. The fourth-order valence-electron chi connectivity index (χ4n) is 1.72. The van der Waals surface area contributed by atoms with Gasteiger partial charge in [-0.1, -0.05) is 0 Å². The maximum Gasteiger partial charge on any atom is 0.251 e. The molecule has 1 atom stereocenters. The number of benzene rings is 1. The SMILES string of the molecule is CC(O)(CNC(=O)c1ccc(C#N)cc1)c1ccsc1. The van der Waals surface area contributed by atoms with Crippen LogP contribution in [0.1, 0.15) is 28.4 Å². The largest absolute Gasteiger partial charge is 0.384 e. The van der Waals surface area contributed by atoms with E-state index in [2.05, 4.69) is 5.32 Å². The Morgan fingerprint density at radius 1 is 1.40 bits per heavy atom. The third kappa shape index (κ3) is 3.23. The Morgan fingerprint density at radius 2 is 2.10 bits per heavy atom. The van der Waals surface area contributed by atoms with Gasteiger partial charge < -0.3 is 10.4 Å². The molecular weight excluding hydrogens is 272 g/mol. The highest BCUT2D eigenvalue weighted by molar-refractivity contribution is 7.08. The van der Waals surface area contributed by atoms with Crippen molar-refractivity contribution in [3.63, 3.8) is 0 Å². The van der Waals surface area contributed by atoms with E-state index in [-0.39, 0.29) is 12.5 Å². The minimum Gasteiger partial charge on any atom is -0.384 e. The Kier molecular flexibility index (Phi) is 4.18. The second kappa shape index (κ2) is 5.87. The summed E-state index contributed by atoms with van der Waals surface area (Å²) in [6.45, 7) is 1.79. The standard InChI is InChI=1S/C15H14N2O2S/c1-15(19,13-6-7-20-9-13)10-17-14(18)12-4-2-11(8-16)3-5-12/h2-7,9,19H,10H2,1H3,(H,17,18). The number of nitriles is 1. The van der Waals surface area contributed by atoms with Crippen molar-refractivity contribution in [3.05, 3.63) is 57.8 Å². The van der Waals surface area contributed by atoms with E-state index in [1.807, 2.05) is 22.9 Å². The highest BCUT2D eigenvalue weighted by atomic mass is 32.1. The molecule has 4 nitrogen and oxygen atoms in total. The van der Waals surface area contributed by atoms with Crippen LogP contribution in [0.3, 0.4) is 0 Å². The quantitative estimate of drug-likeness (QED) is 0.905. The van der Waals surface area contributed by atoms with Crippen LogP contribution in [0.5, 0.6) is 0 Å². The summed E-state index contributed by atoms with van der Waals surface area (Å²) < 4.78 is 0. The number of thiophene rings is 1. The first kappa shape index (κ1) is 14.3. The third-order valence-corrected chi connectivity index (χ3v) is 3.70. The Labute approximate surface area is 121 Å². The Morgan fingerprint density at radius 3 is 2.65 bits per heavy atom. The van der Waals surface area contributed by atoms with Gasteiger partial charge in [-0.3, -0.25) is 4.79 Å². The van der Waals surface area contributed by atoms with Crippen LogP contribution in [0, 0.1) is 11.3 Å². The van der Waals surface area contributed by atoms with Crippen LogP contribution in [0.4, 0.5) is 0 Å². The number of nitrogens with zero attached hydrogens (tertiary/aromatic N) is 1. The number of rotatable bonds is 4. The molecule has 20 heavy (non-hydrogen) atoms. The zero-order chi connectivity index (χ0) is 14.6. The second-order valence-corrected chi connectivity index (χ2v) is 5.44. The van der Waals surface area contributed by atoms with E-state index in [0.717, 1.165) is 5.56 Å². The highest BCUT2D eigenvalue weighted by Crippen LogP contribution is 2.22. The fourth-order valence-corrected chi connectivity index (χ4v) is 2.51. The molecule has 0 aliphatic carbocycles. The first-order valence-electron chi connectivity index (χ1n) is 6.06. The molecule has 2 N–H and O–H groups in total. The molecule has 0 saturated heterocycles. The second-order valence-electron chi connectivity index (χ2n) is 4.66. The molecule has 1 aromatic carbocycles. The van der Waals surface area contributed by atoms with Crippen LogP contribution in [0.2, 0.25) is 0 Å². The number of carbonyl (C=O) groups excluding carboxylic acids is 1. The van der Waals surface area contributed by atoms with Crippen molar-refractivity contribution in [2.24, 2.45) is 0 Å². The average molecular weight is 286 g/mol. The van der Waals surface area contributed by atoms with E-state index >= 15 is 0 Å². The van der Waals surface area contributed by atoms with Gasteiger partial charge in [0.05, 0.1) is 18.2 Å². The Hall–Kier alpha value is -2.16. The monoisotopic (exact) mass is 286 g/mol. The average Bonchev–Trinajstić information content (AvgIpc) is 3.00. The zero-order valence-corrected chi connectivity index (χ0v) is 11.8. The van der Waals surface area contributed by atoms with Gasteiger partial charge in [-0.05, 0) is 53.6 Å². The lowest BCUT2D eigenvalue weighted by Gasteiger charge is -2.22. The van der Waals surface area contributed by atoms with Gasteiger partial charge in [-0.25, -0.2) is 0 Å². The van der Waals surface area contributed by atoms with Crippen molar-refractivity contribution in [1.29, 1.82) is 5.26 Å². The van der Waals surface area contributed by atoms with Gasteiger partial charge in [0.1, 0.15) is 5.60 Å². The fraction of sp³-hybridized carbons (Fsp3) is 0.200. The highest BCUT2D eigenvalue weighted by Gasteiger charge is 2.24. The van der Waals surface area contributed by atoms with Crippen molar-refractivity contribution in [2.45, 2.75) is 12.5 Å². The van der Waals surface area contributed by atoms with Gasteiger partial charge in [0, 0.05) is 5.56 Å². The molecule has 0 radical (unpaired) electrons. The first-order valence-corrected chi connectivity index (χ1v) is 7.00. The summed E-state index contributed by atoms with van der Waals surface area (Å²) in [6, 6.07) is 10.2. The number of amides is 1. The lowest BCUT2D eigenvalue weighted by atomic mass is 9.99. The normalized spacial score (nSPS) is 13.2. The summed E-state index contributed by atoms with van der Waals surface area (Å²) in [5.41, 5.74) is 0.655. The Bertz CT molecular complexity index is 625. The van der Waals surface area contributed by atoms with E-state index in [9.17, 15) is 9.90 Å². The lowest BCUT2D eigenvalue weighted by Crippen LogP contribution is -2.38. The Balaban J connectivity index is 2.00. The molecule has 0 aliphatic rings. The van der Waals surface area contributed by atoms with Crippen molar-refractivity contribution >= 4 is 17.2 Å². The van der Waals surface area contributed by atoms with E-state index in [1.54, 1.807) is 31.2 Å². The van der Waals surface area contributed by atoms with Crippen molar-refractivity contribution in [2.75, 3.05) is 6.54 Å². The molecule has 0 saturated carbocycles. The van der Waals surface area contributed by atoms with Gasteiger partial charge in [-0.15, -0.1) is 0 Å². The molecular formula is C15H14N2O2S. The molecule has 0 bridgehead atoms. The number of carbonyl (C=O) groups is 1.